The maximum atomic E-state index is 12.8. The summed E-state index contributed by atoms with van der Waals surface area (Å²) >= 11 is 0. The van der Waals surface area contributed by atoms with E-state index in [1.807, 2.05) is 30.3 Å². The molecule has 126 valence electrons. The molecule has 0 aromatic heterocycles. The number of rotatable bonds is 5. The summed E-state index contributed by atoms with van der Waals surface area (Å²) in [5.41, 5.74) is 2.36. The van der Waals surface area contributed by atoms with E-state index < -0.39 is 15.3 Å². The lowest BCUT2D eigenvalue weighted by molar-refractivity contribution is 0.231. The van der Waals surface area contributed by atoms with Crippen LogP contribution in [0.2, 0.25) is 0 Å². The number of sulfonamides is 1. The van der Waals surface area contributed by atoms with Crippen molar-refractivity contribution >= 4 is 10.0 Å². The Morgan fingerprint density at radius 3 is 2.65 bits per heavy atom. The third-order valence-electron chi connectivity index (χ3n) is 5.52. The summed E-state index contributed by atoms with van der Waals surface area (Å²) in [6.45, 7) is 3.98. The Hall–Kier alpha value is -1.13. The van der Waals surface area contributed by atoms with Crippen molar-refractivity contribution in [2.45, 2.75) is 57.2 Å². The molecule has 2 aliphatic carbocycles. The molecular weight excluding hydrogens is 306 g/mol. The molecule has 4 heteroatoms. The molecule has 0 amide bonds. The zero-order chi connectivity index (χ0) is 16.4. The van der Waals surface area contributed by atoms with Crippen molar-refractivity contribution in [3.8, 4) is 0 Å². The van der Waals surface area contributed by atoms with Gasteiger partial charge in [-0.2, -0.15) is 0 Å². The van der Waals surface area contributed by atoms with Gasteiger partial charge in [0.2, 0.25) is 10.0 Å². The van der Waals surface area contributed by atoms with Gasteiger partial charge in [-0.05, 0) is 56.4 Å². The first-order valence-corrected chi connectivity index (χ1v) is 10.3. The average Bonchev–Trinajstić information content (AvgIpc) is 2.57. The fraction of sp³-hybridized carbons (Fsp3) is 0.579. The second-order valence-electron chi connectivity index (χ2n) is 7.04. The van der Waals surface area contributed by atoms with E-state index in [2.05, 4.69) is 17.7 Å². The van der Waals surface area contributed by atoms with Gasteiger partial charge < -0.3 is 0 Å². The van der Waals surface area contributed by atoms with E-state index >= 15 is 0 Å². The Bertz CT molecular complexity index is 666. The molecule has 0 radical (unpaired) electrons. The lowest BCUT2D eigenvalue weighted by atomic mass is 9.70. The topological polar surface area (TPSA) is 46.2 Å². The monoisotopic (exact) mass is 333 g/mol. The van der Waals surface area contributed by atoms with Crippen molar-refractivity contribution in [3.63, 3.8) is 0 Å². The highest BCUT2D eigenvalue weighted by Gasteiger charge is 2.36. The molecule has 2 aliphatic rings. The smallest absolute Gasteiger partial charge is 0.212 e. The highest BCUT2D eigenvalue weighted by Crippen LogP contribution is 2.40. The molecule has 3 nitrogen and oxygen atoms in total. The quantitative estimate of drug-likeness (QED) is 0.821. The van der Waals surface area contributed by atoms with Crippen LogP contribution in [0.5, 0.6) is 0 Å². The lowest BCUT2D eigenvalue weighted by Crippen LogP contribution is -2.45. The van der Waals surface area contributed by atoms with Gasteiger partial charge in [0.05, 0.1) is 5.25 Å². The second kappa shape index (κ2) is 6.78. The van der Waals surface area contributed by atoms with Crippen LogP contribution in [0.15, 0.2) is 42.0 Å². The van der Waals surface area contributed by atoms with Crippen molar-refractivity contribution in [3.05, 3.63) is 47.5 Å². The largest absolute Gasteiger partial charge is 0.218 e. The van der Waals surface area contributed by atoms with Crippen LogP contribution in [0.4, 0.5) is 0 Å². The Morgan fingerprint density at radius 1 is 1.22 bits per heavy atom. The first-order valence-electron chi connectivity index (χ1n) is 8.75. The molecule has 2 bridgehead atoms. The van der Waals surface area contributed by atoms with Crippen LogP contribution < -0.4 is 4.72 Å². The molecule has 1 aromatic rings. The summed E-state index contributed by atoms with van der Waals surface area (Å²) in [6, 6.07) is 9.58. The molecule has 0 saturated heterocycles. The zero-order valence-corrected chi connectivity index (χ0v) is 14.9. The zero-order valence-electron chi connectivity index (χ0n) is 14.0. The summed E-state index contributed by atoms with van der Waals surface area (Å²) in [5.74, 6) is 1.13. The van der Waals surface area contributed by atoms with E-state index in [0.29, 0.717) is 11.8 Å². The van der Waals surface area contributed by atoms with E-state index in [-0.39, 0.29) is 6.04 Å². The number of fused-ring (bicyclic) bond motifs is 2. The predicted molar refractivity (Wildman–Crippen MR) is 94.5 cm³/mol. The number of nitrogens with one attached hydrogen (secondary N) is 1. The number of benzene rings is 1. The third kappa shape index (κ3) is 3.69. The second-order valence-corrected chi connectivity index (χ2v) is 9.07. The minimum Gasteiger partial charge on any atom is -0.212 e. The lowest BCUT2D eigenvalue weighted by Gasteiger charge is -2.40. The Labute approximate surface area is 140 Å². The maximum Gasteiger partial charge on any atom is 0.218 e. The molecule has 1 fully saturated rings. The van der Waals surface area contributed by atoms with Gasteiger partial charge in [-0.1, -0.05) is 48.9 Å². The van der Waals surface area contributed by atoms with E-state index in [1.54, 1.807) is 6.92 Å². The van der Waals surface area contributed by atoms with Gasteiger partial charge >= 0.3 is 0 Å². The molecule has 4 unspecified atom stereocenters. The van der Waals surface area contributed by atoms with Crippen LogP contribution >= 0.6 is 0 Å². The van der Waals surface area contributed by atoms with Gasteiger partial charge in [0, 0.05) is 6.04 Å². The number of hydrogen-bond donors (Lipinski definition) is 1. The van der Waals surface area contributed by atoms with Gasteiger partial charge in [0.25, 0.3) is 0 Å². The minimum atomic E-state index is -3.34. The maximum absolute atomic E-state index is 12.8. The standard InChI is InChI=1S/C19H27NO2S/c1-3-15-11-16-9-10-19(18(12-15)13-16)20-23(21,22)14(2)17-7-5-4-6-8-17/h4-8,11,14,16,18-20H,3,9-10,12-13H2,1-2H3. The van der Waals surface area contributed by atoms with E-state index in [9.17, 15) is 8.42 Å². The van der Waals surface area contributed by atoms with Crippen LogP contribution in [0.1, 0.15) is 56.8 Å². The van der Waals surface area contributed by atoms with E-state index in [4.69, 9.17) is 0 Å². The molecule has 3 rings (SSSR count). The highest BCUT2D eigenvalue weighted by molar-refractivity contribution is 7.89. The van der Waals surface area contributed by atoms with Crippen molar-refractivity contribution in [1.29, 1.82) is 0 Å². The normalized spacial score (nSPS) is 29.0. The number of allylic oxidation sites excluding steroid dienone is 2. The van der Waals surface area contributed by atoms with Gasteiger partial charge in [-0.25, -0.2) is 13.1 Å². The summed E-state index contributed by atoms with van der Waals surface area (Å²) < 4.78 is 28.6. The molecular formula is C19H27NO2S. The van der Waals surface area contributed by atoms with Crippen LogP contribution in [0.3, 0.4) is 0 Å². The fourth-order valence-electron chi connectivity index (χ4n) is 4.05. The summed E-state index contributed by atoms with van der Waals surface area (Å²) in [6.07, 6.45) is 7.79. The molecule has 1 saturated carbocycles. The molecule has 1 N–H and O–H groups in total. The van der Waals surface area contributed by atoms with Crippen molar-refractivity contribution < 1.29 is 8.42 Å². The van der Waals surface area contributed by atoms with Crippen molar-refractivity contribution in [2.75, 3.05) is 0 Å². The fourth-order valence-corrected chi connectivity index (χ4v) is 5.50. The van der Waals surface area contributed by atoms with Crippen LogP contribution in [0.25, 0.3) is 0 Å². The molecule has 23 heavy (non-hydrogen) atoms. The van der Waals surface area contributed by atoms with Crippen LogP contribution in [-0.4, -0.2) is 14.5 Å². The highest BCUT2D eigenvalue weighted by atomic mass is 32.2. The molecule has 0 aliphatic heterocycles. The Balaban J connectivity index is 1.72. The SMILES string of the molecule is CCC1=CC2CCC(NS(=O)(=O)C(C)c3ccccc3)C(C1)C2. The molecule has 0 heterocycles. The first kappa shape index (κ1) is 16.7. The summed E-state index contributed by atoms with van der Waals surface area (Å²) in [5, 5.41) is -0.508. The number of hydrogen-bond acceptors (Lipinski definition) is 2. The van der Waals surface area contributed by atoms with Crippen molar-refractivity contribution in [2.24, 2.45) is 11.8 Å². The molecule has 4 atom stereocenters. The Morgan fingerprint density at radius 2 is 1.96 bits per heavy atom. The van der Waals surface area contributed by atoms with Gasteiger partial charge in [-0.3, -0.25) is 0 Å². The average molecular weight is 333 g/mol. The van der Waals surface area contributed by atoms with Gasteiger partial charge in [0.1, 0.15) is 0 Å². The summed E-state index contributed by atoms with van der Waals surface area (Å²) in [4.78, 5) is 0. The third-order valence-corrected chi connectivity index (χ3v) is 7.36. The van der Waals surface area contributed by atoms with Gasteiger partial charge in [0.15, 0.2) is 0 Å². The van der Waals surface area contributed by atoms with E-state index in [0.717, 1.165) is 37.7 Å². The Kier molecular flexibility index (Phi) is 4.93. The predicted octanol–water partition coefficient (Wildman–Crippen LogP) is 4.19. The summed E-state index contributed by atoms with van der Waals surface area (Å²) in [7, 11) is -3.34. The molecule has 1 aromatic carbocycles. The van der Waals surface area contributed by atoms with Crippen LogP contribution in [-0.2, 0) is 10.0 Å². The van der Waals surface area contributed by atoms with Gasteiger partial charge in [-0.15, -0.1) is 0 Å². The van der Waals surface area contributed by atoms with Crippen molar-refractivity contribution in [1.82, 2.24) is 4.72 Å². The van der Waals surface area contributed by atoms with E-state index in [1.165, 1.54) is 5.57 Å². The first-order chi connectivity index (χ1) is 11.0. The molecule has 0 spiro atoms. The minimum absolute atomic E-state index is 0.0951. The van der Waals surface area contributed by atoms with Crippen LogP contribution in [0, 0.1) is 11.8 Å².